The lowest BCUT2D eigenvalue weighted by Gasteiger charge is -2.03. The zero-order valence-electron chi connectivity index (χ0n) is 12.0. The van der Waals surface area contributed by atoms with E-state index in [-0.39, 0.29) is 24.1 Å². The molecule has 0 atom stereocenters. The first-order chi connectivity index (χ1) is 10.1. The van der Waals surface area contributed by atoms with Crippen LogP contribution in [0.25, 0.3) is 0 Å². The summed E-state index contributed by atoms with van der Waals surface area (Å²) >= 11 is 0. The summed E-state index contributed by atoms with van der Waals surface area (Å²) in [6.45, 7) is 1.80. The first-order valence-corrected chi connectivity index (χ1v) is 6.58. The van der Waals surface area contributed by atoms with Crippen LogP contribution in [-0.2, 0) is 17.6 Å². The Balaban J connectivity index is 2.05. The Morgan fingerprint density at radius 1 is 1.33 bits per heavy atom. The molecule has 6 heteroatoms. The van der Waals surface area contributed by atoms with E-state index >= 15 is 0 Å². The van der Waals surface area contributed by atoms with E-state index < -0.39 is 0 Å². The predicted octanol–water partition coefficient (Wildman–Crippen LogP) is 2.24. The number of methoxy groups -OCH3 is 1. The Labute approximate surface area is 122 Å². The van der Waals surface area contributed by atoms with E-state index in [1.807, 2.05) is 0 Å². The highest BCUT2D eigenvalue weighted by atomic mass is 19.1. The molecule has 112 valence electrons. The molecule has 2 rings (SSSR count). The number of oxazole rings is 1. The largest absolute Gasteiger partial charge is 0.445 e. The maximum Gasteiger partial charge on any atom is 0.275 e. The highest BCUT2D eigenvalue weighted by Crippen LogP contribution is 2.14. The van der Waals surface area contributed by atoms with E-state index in [0.717, 1.165) is 5.56 Å². The quantitative estimate of drug-likeness (QED) is 0.829. The highest BCUT2D eigenvalue weighted by molar-refractivity contribution is 5.93. The van der Waals surface area contributed by atoms with Crippen molar-refractivity contribution in [2.24, 2.45) is 0 Å². The second-order valence-electron chi connectivity index (χ2n) is 4.57. The topological polar surface area (TPSA) is 64.4 Å². The summed E-state index contributed by atoms with van der Waals surface area (Å²) in [6, 6.07) is 6.24. The number of amides is 1. The molecule has 1 aromatic heterocycles. The molecule has 1 heterocycles. The number of carbonyl (C=O) groups excluding carboxylic acids is 1. The lowest BCUT2D eigenvalue weighted by Crippen LogP contribution is -2.26. The van der Waals surface area contributed by atoms with Crippen LogP contribution in [0.15, 0.2) is 28.7 Å². The average molecular weight is 292 g/mol. The molecule has 1 N–H and O–H groups in total. The second-order valence-corrected chi connectivity index (χ2v) is 4.57. The molecular formula is C15H17FN2O3. The molecule has 0 aliphatic rings. The van der Waals surface area contributed by atoms with Crippen LogP contribution in [0, 0.1) is 12.7 Å². The summed E-state index contributed by atoms with van der Waals surface area (Å²) in [5.41, 5.74) is 1.24. The van der Waals surface area contributed by atoms with Gasteiger partial charge in [-0.15, -0.1) is 0 Å². The van der Waals surface area contributed by atoms with Crippen molar-refractivity contribution in [2.45, 2.75) is 19.8 Å². The SMILES string of the molecule is COCNC(=O)c1nc(C)oc1CCc1ccc(F)cc1. The fraction of sp³-hybridized carbons (Fsp3) is 0.333. The van der Waals surface area contributed by atoms with Crippen LogP contribution in [0.2, 0.25) is 0 Å². The zero-order valence-corrected chi connectivity index (χ0v) is 12.0. The van der Waals surface area contributed by atoms with Gasteiger partial charge in [0, 0.05) is 20.5 Å². The molecule has 0 radical (unpaired) electrons. The van der Waals surface area contributed by atoms with Gasteiger partial charge in [0.05, 0.1) is 0 Å². The van der Waals surface area contributed by atoms with E-state index in [9.17, 15) is 9.18 Å². The lowest BCUT2D eigenvalue weighted by atomic mass is 10.1. The van der Waals surface area contributed by atoms with Gasteiger partial charge in [-0.1, -0.05) is 12.1 Å². The van der Waals surface area contributed by atoms with Crippen LogP contribution >= 0.6 is 0 Å². The van der Waals surface area contributed by atoms with Crippen molar-refractivity contribution in [2.75, 3.05) is 13.8 Å². The molecule has 0 saturated carbocycles. The molecule has 2 aromatic rings. The van der Waals surface area contributed by atoms with Gasteiger partial charge in [0.25, 0.3) is 5.91 Å². The number of aromatic nitrogens is 1. The standard InChI is InChI=1S/C15H17FN2O3/c1-10-18-14(15(19)17-9-20-2)13(21-10)8-5-11-3-6-12(16)7-4-11/h3-4,6-7H,5,8-9H2,1-2H3,(H,17,19). The monoisotopic (exact) mass is 292 g/mol. The molecule has 0 unspecified atom stereocenters. The van der Waals surface area contributed by atoms with Crippen LogP contribution in [0.4, 0.5) is 4.39 Å². The summed E-state index contributed by atoms with van der Waals surface area (Å²) in [7, 11) is 1.49. The van der Waals surface area contributed by atoms with Crippen LogP contribution in [0.1, 0.15) is 27.7 Å². The van der Waals surface area contributed by atoms with Gasteiger partial charge < -0.3 is 14.5 Å². The summed E-state index contributed by atoms with van der Waals surface area (Å²) in [4.78, 5) is 16.0. The second kappa shape index (κ2) is 6.99. The minimum absolute atomic E-state index is 0.113. The van der Waals surface area contributed by atoms with Crippen molar-refractivity contribution in [3.05, 3.63) is 53.0 Å². The summed E-state index contributed by atoms with van der Waals surface area (Å²) in [5.74, 6) is 0.355. The average Bonchev–Trinajstić information content (AvgIpc) is 2.85. The Morgan fingerprint density at radius 3 is 2.71 bits per heavy atom. The van der Waals surface area contributed by atoms with Crippen LogP contribution in [0.5, 0.6) is 0 Å². The van der Waals surface area contributed by atoms with Gasteiger partial charge in [-0.3, -0.25) is 4.79 Å². The Bertz CT molecular complexity index is 608. The van der Waals surface area contributed by atoms with Gasteiger partial charge in [0.1, 0.15) is 18.3 Å². The van der Waals surface area contributed by atoms with Crippen molar-refractivity contribution in [3.8, 4) is 0 Å². The molecule has 1 aromatic carbocycles. The van der Waals surface area contributed by atoms with Gasteiger partial charge in [-0.25, -0.2) is 9.37 Å². The molecule has 0 aliphatic carbocycles. The summed E-state index contributed by atoms with van der Waals surface area (Å²) in [6.07, 6.45) is 1.15. The van der Waals surface area contributed by atoms with E-state index in [1.165, 1.54) is 19.2 Å². The maximum atomic E-state index is 12.8. The Morgan fingerprint density at radius 2 is 2.05 bits per heavy atom. The van der Waals surface area contributed by atoms with Gasteiger partial charge >= 0.3 is 0 Å². The molecule has 0 spiro atoms. The van der Waals surface area contributed by atoms with Crippen molar-refractivity contribution in [1.82, 2.24) is 10.3 Å². The summed E-state index contributed by atoms with van der Waals surface area (Å²) < 4.78 is 23.1. The predicted molar refractivity (Wildman–Crippen MR) is 74.4 cm³/mol. The third kappa shape index (κ3) is 4.13. The molecule has 21 heavy (non-hydrogen) atoms. The molecule has 1 amide bonds. The van der Waals surface area contributed by atoms with Crippen molar-refractivity contribution < 1.29 is 18.3 Å². The number of hydrogen-bond acceptors (Lipinski definition) is 4. The minimum atomic E-state index is -0.331. The zero-order chi connectivity index (χ0) is 15.2. The van der Waals surface area contributed by atoms with E-state index in [1.54, 1.807) is 19.1 Å². The Kier molecular flexibility index (Phi) is 5.05. The number of halogens is 1. The van der Waals surface area contributed by atoms with Crippen molar-refractivity contribution in [3.63, 3.8) is 0 Å². The Hall–Kier alpha value is -2.21. The summed E-state index contributed by atoms with van der Waals surface area (Å²) in [5, 5.41) is 2.57. The number of hydrogen-bond donors (Lipinski definition) is 1. The number of nitrogens with one attached hydrogen (secondary N) is 1. The minimum Gasteiger partial charge on any atom is -0.445 e. The molecule has 0 fully saturated rings. The maximum absolute atomic E-state index is 12.8. The third-order valence-corrected chi connectivity index (χ3v) is 2.95. The van der Waals surface area contributed by atoms with Crippen LogP contribution in [0.3, 0.4) is 0 Å². The van der Waals surface area contributed by atoms with Crippen molar-refractivity contribution in [1.29, 1.82) is 0 Å². The molecule has 5 nitrogen and oxygen atoms in total. The van der Waals surface area contributed by atoms with Gasteiger partial charge in [0.2, 0.25) is 0 Å². The number of aryl methyl sites for hydroxylation is 3. The number of carbonyl (C=O) groups is 1. The highest BCUT2D eigenvalue weighted by Gasteiger charge is 2.18. The van der Waals surface area contributed by atoms with Gasteiger partial charge in [-0.05, 0) is 24.1 Å². The number of rotatable bonds is 6. The van der Waals surface area contributed by atoms with E-state index in [2.05, 4.69) is 10.3 Å². The number of benzene rings is 1. The number of ether oxygens (including phenoxy) is 1. The van der Waals surface area contributed by atoms with Gasteiger partial charge in [-0.2, -0.15) is 0 Å². The van der Waals surface area contributed by atoms with Gasteiger partial charge in [0.15, 0.2) is 11.6 Å². The van der Waals surface area contributed by atoms with Crippen LogP contribution < -0.4 is 5.32 Å². The fourth-order valence-corrected chi connectivity index (χ4v) is 1.95. The van der Waals surface area contributed by atoms with Crippen LogP contribution in [-0.4, -0.2) is 24.7 Å². The van der Waals surface area contributed by atoms with E-state index in [4.69, 9.17) is 9.15 Å². The molecular weight excluding hydrogens is 275 g/mol. The van der Waals surface area contributed by atoms with Crippen molar-refractivity contribution >= 4 is 5.91 Å². The first kappa shape index (κ1) is 15.2. The fourth-order valence-electron chi connectivity index (χ4n) is 1.95. The smallest absolute Gasteiger partial charge is 0.275 e. The normalized spacial score (nSPS) is 10.6. The van der Waals surface area contributed by atoms with E-state index in [0.29, 0.717) is 24.5 Å². The first-order valence-electron chi connectivity index (χ1n) is 6.58. The lowest BCUT2D eigenvalue weighted by molar-refractivity contribution is 0.0866. The number of nitrogens with zero attached hydrogens (tertiary/aromatic N) is 1. The molecule has 0 aliphatic heterocycles. The molecule has 0 bridgehead atoms. The molecule has 0 saturated heterocycles. The third-order valence-electron chi connectivity index (χ3n) is 2.95.